The molecule has 0 aromatic carbocycles. The van der Waals surface area contributed by atoms with Gasteiger partial charge in [0.25, 0.3) is 0 Å². The second kappa shape index (κ2) is 6.93. The van der Waals surface area contributed by atoms with Crippen LogP contribution in [-0.2, 0) is 4.79 Å². The highest BCUT2D eigenvalue weighted by Gasteiger charge is 2.20. The number of carboxylic acids is 1. The largest absolute Gasteiger partial charge is 0.481 e. The molecule has 0 saturated heterocycles. The molecule has 1 unspecified atom stereocenters. The van der Waals surface area contributed by atoms with E-state index in [2.05, 4.69) is 20.8 Å². The molecule has 0 spiro atoms. The van der Waals surface area contributed by atoms with Crippen molar-refractivity contribution >= 4 is 5.97 Å². The average Bonchev–Trinajstić information content (AvgIpc) is 2.05. The average molecular weight is 186 g/mol. The van der Waals surface area contributed by atoms with Gasteiger partial charge in [0, 0.05) is 6.42 Å². The van der Waals surface area contributed by atoms with Gasteiger partial charge < -0.3 is 5.11 Å². The summed E-state index contributed by atoms with van der Waals surface area (Å²) in [7, 11) is 0. The van der Waals surface area contributed by atoms with E-state index in [0.717, 1.165) is 25.7 Å². The van der Waals surface area contributed by atoms with Gasteiger partial charge in [-0.1, -0.05) is 40.0 Å². The van der Waals surface area contributed by atoms with Crippen molar-refractivity contribution in [1.82, 2.24) is 0 Å². The highest BCUT2D eigenvalue weighted by molar-refractivity contribution is 5.67. The summed E-state index contributed by atoms with van der Waals surface area (Å²) in [5, 5.41) is 8.75. The Morgan fingerprint density at radius 2 is 1.69 bits per heavy atom. The van der Waals surface area contributed by atoms with Gasteiger partial charge in [0.1, 0.15) is 0 Å². The van der Waals surface area contributed by atoms with Crippen LogP contribution in [0, 0.1) is 11.8 Å². The first-order valence-corrected chi connectivity index (χ1v) is 5.37. The van der Waals surface area contributed by atoms with E-state index in [0.29, 0.717) is 18.3 Å². The summed E-state index contributed by atoms with van der Waals surface area (Å²) in [4.78, 5) is 10.6. The Morgan fingerprint density at radius 1 is 1.15 bits per heavy atom. The monoisotopic (exact) mass is 186 g/mol. The van der Waals surface area contributed by atoms with Crippen molar-refractivity contribution in [3.8, 4) is 0 Å². The molecule has 13 heavy (non-hydrogen) atoms. The lowest BCUT2D eigenvalue weighted by Gasteiger charge is -2.23. The van der Waals surface area contributed by atoms with E-state index in [-0.39, 0.29) is 0 Å². The van der Waals surface area contributed by atoms with E-state index < -0.39 is 5.97 Å². The number of hydrogen-bond donors (Lipinski definition) is 1. The molecule has 78 valence electrons. The topological polar surface area (TPSA) is 37.3 Å². The van der Waals surface area contributed by atoms with Gasteiger partial charge in [0.05, 0.1) is 0 Å². The summed E-state index contributed by atoms with van der Waals surface area (Å²) in [6.45, 7) is 6.43. The summed E-state index contributed by atoms with van der Waals surface area (Å²) in [5.74, 6) is 0.332. The SMILES string of the molecule is CCCC(CC(=O)O)C(CC)CC. The number of carbonyl (C=O) groups is 1. The van der Waals surface area contributed by atoms with Crippen LogP contribution >= 0.6 is 0 Å². The number of rotatable bonds is 7. The van der Waals surface area contributed by atoms with Crippen LogP contribution in [0.25, 0.3) is 0 Å². The quantitative estimate of drug-likeness (QED) is 0.662. The summed E-state index contributed by atoms with van der Waals surface area (Å²) in [6, 6.07) is 0. The third-order valence-corrected chi connectivity index (χ3v) is 2.81. The Balaban J connectivity index is 4.11. The summed E-state index contributed by atoms with van der Waals surface area (Å²) >= 11 is 0. The van der Waals surface area contributed by atoms with E-state index in [1.54, 1.807) is 0 Å². The van der Waals surface area contributed by atoms with E-state index in [9.17, 15) is 4.79 Å². The van der Waals surface area contributed by atoms with Crippen LogP contribution in [0.3, 0.4) is 0 Å². The van der Waals surface area contributed by atoms with E-state index >= 15 is 0 Å². The Kier molecular flexibility index (Phi) is 6.65. The lowest BCUT2D eigenvalue weighted by Crippen LogP contribution is -2.17. The van der Waals surface area contributed by atoms with Crippen LogP contribution in [0.1, 0.15) is 52.9 Å². The van der Waals surface area contributed by atoms with Crippen LogP contribution < -0.4 is 0 Å². The normalized spacial score (nSPS) is 13.2. The molecule has 0 aromatic heterocycles. The predicted molar refractivity (Wildman–Crippen MR) is 54.7 cm³/mol. The molecule has 0 aliphatic carbocycles. The second-order valence-electron chi connectivity index (χ2n) is 3.72. The van der Waals surface area contributed by atoms with Gasteiger partial charge in [0.2, 0.25) is 0 Å². The number of carboxylic acid groups (broad SMARTS) is 1. The van der Waals surface area contributed by atoms with E-state index in [1.165, 1.54) is 0 Å². The van der Waals surface area contributed by atoms with Gasteiger partial charge in [0.15, 0.2) is 0 Å². The molecule has 0 aromatic rings. The lowest BCUT2D eigenvalue weighted by atomic mass is 9.82. The molecule has 0 amide bonds. The third-order valence-electron chi connectivity index (χ3n) is 2.81. The molecule has 1 atom stereocenters. The molecular weight excluding hydrogens is 164 g/mol. The minimum atomic E-state index is -0.648. The zero-order valence-electron chi connectivity index (χ0n) is 9.05. The number of hydrogen-bond acceptors (Lipinski definition) is 1. The van der Waals surface area contributed by atoms with Crippen molar-refractivity contribution in [2.24, 2.45) is 11.8 Å². The van der Waals surface area contributed by atoms with Crippen molar-refractivity contribution in [2.45, 2.75) is 52.9 Å². The van der Waals surface area contributed by atoms with Crippen molar-refractivity contribution < 1.29 is 9.90 Å². The predicted octanol–water partition coefficient (Wildman–Crippen LogP) is 3.31. The van der Waals surface area contributed by atoms with Crippen LogP contribution in [0.2, 0.25) is 0 Å². The van der Waals surface area contributed by atoms with Gasteiger partial charge in [-0.3, -0.25) is 4.79 Å². The van der Waals surface area contributed by atoms with Crippen LogP contribution in [0.15, 0.2) is 0 Å². The van der Waals surface area contributed by atoms with E-state index in [4.69, 9.17) is 5.11 Å². The fourth-order valence-electron chi connectivity index (χ4n) is 2.05. The minimum Gasteiger partial charge on any atom is -0.481 e. The fourth-order valence-corrected chi connectivity index (χ4v) is 2.05. The molecule has 2 nitrogen and oxygen atoms in total. The van der Waals surface area contributed by atoms with Crippen molar-refractivity contribution in [1.29, 1.82) is 0 Å². The second-order valence-corrected chi connectivity index (χ2v) is 3.72. The van der Waals surface area contributed by atoms with Crippen LogP contribution in [-0.4, -0.2) is 11.1 Å². The molecule has 2 heteroatoms. The molecule has 0 radical (unpaired) electrons. The van der Waals surface area contributed by atoms with Crippen molar-refractivity contribution in [3.05, 3.63) is 0 Å². The standard InChI is InChI=1S/C11H22O2/c1-4-7-10(8-11(12)13)9(5-2)6-3/h9-10H,4-8H2,1-3H3,(H,12,13). The minimum absolute atomic E-state index is 0.347. The van der Waals surface area contributed by atoms with Crippen molar-refractivity contribution in [3.63, 3.8) is 0 Å². The van der Waals surface area contributed by atoms with Crippen LogP contribution in [0.5, 0.6) is 0 Å². The summed E-state index contributed by atoms with van der Waals surface area (Å²) in [6.07, 6.45) is 4.70. The Bertz CT molecular complexity index is 139. The highest BCUT2D eigenvalue weighted by Crippen LogP contribution is 2.26. The number of aliphatic carboxylic acids is 1. The first kappa shape index (κ1) is 12.5. The summed E-state index contributed by atoms with van der Waals surface area (Å²) < 4.78 is 0. The molecule has 0 aliphatic rings. The maximum atomic E-state index is 10.6. The molecule has 0 rings (SSSR count). The van der Waals surface area contributed by atoms with Gasteiger partial charge in [-0.2, -0.15) is 0 Å². The fraction of sp³-hybridized carbons (Fsp3) is 0.909. The van der Waals surface area contributed by atoms with Gasteiger partial charge in [-0.25, -0.2) is 0 Å². The maximum Gasteiger partial charge on any atom is 0.303 e. The van der Waals surface area contributed by atoms with Crippen molar-refractivity contribution in [2.75, 3.05) is 0 Å². The molecule has 0 fully saturated rings. The smallest absolute Gasteiger partial charge is 0.303 e. The first-order chi connectivity index (χ1) is 6.15. The molecule has 0 heterocycles. The van der Waals surface area contributed by atoms with Gasteiger partial charge in [-0.05, 0) is 18.3 Å². The zero-order valence-corrected chi connectivity index (χ0v) is 9.05. The zero-order chi connectivity index (χ0) is 10.3. The molecule has 1 N–H and O–H groups in total. The molecule has 0 aliphatic heterocycles. The Morgan fingerprint density at radius 3 is 2.00 bits per heavy atom. The molecule has 0 saturated carbocycles. The van der Waals surface area contributed by atoms with Gasteiger partial charge >= 0.3 is 5.97 Å². The first-order valence-electron chi connectivity index (χ1n) is 5.37. The maximum absolute atomic E-state index is 10.6. The molecule has 0 bridgehead atoms. The highest BCUT2D eigenvalue weighted by atomic mass is 16.4. The Hall–Kier alpha value is -0.530. The molecular formula is C11H22O2. The summed E-state index contributed by atoms with van der Waals surface area (Å²) in [5.41, 5.74) is 0. The van der Waals surface area contributed by atoms with Gasteiger partial charge in [-0.15, -0.1) is 0 Å². The lowest BCUT2D eigenvalue weighted by molar-refractivity contribution is -0.138. The van der Waals surface area contributed by atoms with E-state index in [1.807, 2.05) is 0 Å². The Labute approximate surface area is 81.3 Å². The van der Waals surface area contributed by atoms with Crippen LogP contribution in [0.4, 0.5) is 0 Å². The third kappa shape index (κ3) is 4.91.